The Balaban J connectivity index is 2.54. The molecule has 0 unspecified atom stereocenters. The Morgan fingerprint density at radius 1 is 1.55 bits per heavy atom. The van der Waals surface area contributed by atoms with E-state index < -0.39 is 5.97 Å². The van der Waals surface area contributed by atoms with E-state index in [9.17, 15) is 9.59 Å². The topological polar surface area (TPSA) is 96.7 Å². The Morgan fingerprint density at radius 3 is 2.85 bits per heavy atom. The minimum absolute atomic E-state index is 0.136. The van der Waals surface area contributed by atoms with Gasteiger partial charge in [0, 0.05) is 27.2 Å². The van der Waals surface area contributed by atoms with E-state index in [4.69, 9.17) is 9.84 Å². The largest absolute Gasteiger partial charge is 0.478 e. The number of ether oxygens (including phenoxy) is 1. The number of amides is 1. The van der Waals surface area contributed by atoms with Crippen LogP contribution in [-0.2, 0) is 23.1 Å². The van der Waals surface area contributed by atoms with Crippen LogP contribution in [0.15, 0.2) is 6.20 Å². The van der Waals surface area contributed by atoms with E-state index in [1.807, 2.05) is 0 Å². The number of hydrogen-bond acceptors (Lipinski definition) is 5. The van der Waals surface area contributed by atoms with Gasteiger partial charge in [-0.05, 0) is 7.05 Å². The molecule has 0 spiro atoms. The number of aromatic nitrogens is 2. The monoisotopic (exact) mass is 284 g/mol. The number of carbonyl (C=O) groups is 2. The molecule has 112 valence electrons. The second-order valence-corrected chi connectivity index (χ2v) is 4.45. The van der Waals surface area contributed by atoms with Crippen LogP contribution in [0.3, 0.4) is 0 Å². The molecule has 8 heteroatoms. The first-order chi connectivity index (χ1) is 9.45. The molecule has 20 heavy (non-hydrogen) atoms. The van der Waals surface area contributed by atoms with E-state index >= 15 is 0 Å². The summed E-state index contributed by atoms with van der Waals surface area (Å²) in [4.78, 5) is 24.4. The van der Waals surface area contributed by atoms with Gasteiger partial charge < -0.3 is 15.2 Å². The van der Waals surface area contributed by atoms with E-state index in [1.165, 1.54) is 10.9 Å². The number of carboxylic acid groups (broad SMARTS) is 1. The molecule has 0 aliphatic carbocycles. The normalized spacial score (nSPS) is 10.8. The van der Waals surface area contributed by atoms with Gasteiger partial charge >= 0.3 is 5.97 Å². The zero-order chi connectivity index (χ0) is 15.1. The van der Waals surface area contributed by atoms with E-state index in [-0.39, 0.29) is 18.0 Å². The van der Waals surface area contributed by atoms with Crippen LogP contribution in [0.25, 0.3) is 0 Å². The molecule has 0 bridgehead atoms. The van der Waals surface area contributed by atoms with Gasteiger partial charge in [0.05, 0.1) is 25.0 Å². The fraction of sp³-hybridized carbons (Fsp3) is 0.583. The van der Waals surface area contributed by atoms with Gasteiger partial charge in [0.1, 0.15) is 5.56 Å². The van der Waals surface area contributed by atoms with E-state index in [0.717, 1.165) is 0 Å². The lowest BCUT2D eigenvalue weighted by molar-refractivity contribution is -0.122. The Bertz CT molecular complexity index is 472. The molecule has 1 amide bonds. The lowest BCUT2D eigenvalue weighted by Gasteiger charge is -2.16. The predicted molar refractivity (Wildman–Crippen MR) is 71.4 cm³/mol. The molecule has 1 rings (SSSR count). The quantitative estimate of drug-likeness (QED) is 0.614. The van der Waals surface area contributed by atoms with E-state index in [1.54, 1.807) is 26.1 Å². The summed E-state index contributed by atoms with van der Waals surface area (Å²) in [5.74, 6) is -1.16. The summed E-state index contributed by atoms with van der Waals surface area (Å²) >= 11 is 0. The van der Waals surface area contributed by atoms with Gasteiger partial charge in [0.2, 0.25) is 5.91 Å². The molecule has 0 saturated carbocycles. The van der Waals surface area contributed by atoms with Crippen LogP contribution in [0.1, 0.15) is 16.1 Å². The van der Waals surface area contributed by atoms with Gasteiger partial charge in [-0.1, -0.05) is 0 Å². The highest BCUT2D eigenvalue weighted by Gasteiger charge is 2.17. The number of rotatable bonds is 8. The first kappa shape index (κ1) is 16.1. The zero-order valence-electron chi connectivity index (χ0n) is 11.9. The summed E-state index contributed by atoms with van der Waals surface area (Å²) < 4.78 is 6.34. The van der Waals surface area contributed by atoms with Gasteiger partial charge in [-0.2, -0.15) is 5.10 Å². The van der Waals surface area contributed by atoms with Crippen molar-refractivity contribution in [2.24, 2.45) is 7.05 Å². The molecule has 1 aromatic rings. The first-order valence-electron chi connectivity index (χ1n) is 6.14. The molecule has 0 aliphatic rings. The van der Waals surface area contributed by atoms with Gasteiger partial charge in [-0.25, -0.2) is 4.79 Å². The van der Waals surface area contributed by atoms with Crippen LogP contribution in [0.4, 0.5) is 0 Å². The molecule has 0 radical (unpaired) electrons. The summed E-state index contributed by atoms with van der Waals surface area (Å²) in [5, 5.41) is 15.7. The Hall–Kier alpha value is -1.93. The standard InChI is InChI=1S/C12H20N4O4/c1-15(8-11(17)13-4-5-20-3)7-10-9(12(18)19)6-14-16(10)2/h6H,4-5,7-8H2,1-3H3,(H,13,17)(H,18,19). The second-order valence-electron chi connectivity index (χ2n) is 4.45. The fourth-order valence-corrected chi connectivity index (χ4v) is 1.73. The third-order valence-electron chi connectivity index (χ3n) is 2.75. The number of aromatic carboxylic acids is 1. The van der Waals surface area contributed by atoms with Crippen LogP contribution < -0.4 is 5.32 Å². The van der Waals surface area contributed by atoms with Crippen molar-refractivity contribution < 1.29 is 19.4 Å². The van der Waals surface area contributed by atoms with Gasteiger partial charge in [-0.15, -0.1) is 0 Å². The summed E-state index contributed by atoms with van der Waals surface area (Å²) in [6.07, 6.45) is 1.31. The number of aryl methyl sites for hydroxylation is 1. The molecule has 0 aromatic carbocycles. The highest BCUT2D eigenvalue weighted by atomic mass is 16.5. The molecule has 2 N–H and O–H groups in total. The van der Waals surface area contributed by atoms with Crippen LogP contribution in [0.2, 0.25) is 0 Å². The van der Waals surface area contributed by atoms with Gasteiger partial charge in [0.15, 0.2) is 0 Å². The SMILES string of the molecule is COCCNC(=O)CN(C)Cc1c(C(=O)O)cnn1C. The van der Waals surface area contributed by atoms with Gasteiger partial charge in [-0.3, -0.25) is 14.4 Å². The third-order valence-corrected chi connectivity index (χ3v) is 2.75. The Morgan fingerprint density at radius 2 is 2.25 bits per heavy atom. The predicted octanol–water partition coefficient (Wildman–Crippen LogP) is -0.687. The summed E-state index contributed by atoms with van der Waals surface area (Å²) in [7, 11) is 4.98. The summed E-state index contributed by atoms with van der Waals surface area (Å²) in [5.41, 5.74) is 0.712. The maximum absolute atomic E-state index is 11.6. The van der Waals surface area contributed by atoms with Crippen LogP contribution in [0, 0.1) is 0 Å². The van der Waals surface area contributed by atoms with Crippen molar-refractivity contribution in [3.63, 3.8) is 0 Å². The van der Waals surface area contributed by atoms with Crippen molar-refractivity contribution in [2.75, 3.05) is 33.9 Å². The minimum atomic E-state index is -1.02. The number of nitrogens with one attached hydrogen (secondary N) is 1. The Kier molecular flexibility index (Phi) is 6.13. The van der Waals surface area contributed by atoms with E-state index in [0.29, 0.717) is 25.4 Å². The average Bonchev–Trinajstić information content (AvgIpc) is 2.71. The molecule has 1 aromatic heterocycles. The van der Waals surface area contributed by atoms with Crippen molar-refractivity contribution in [1.82, 2.24) is 20.0 Å². The zero-order valence-corrected chi connectivity index (χ0v) is 11.9. The van der Waals surface area contributed by atoms with Crippen molar-refractivity contribution in [1.29, 1.82) is 0 Å². The highest BCUT2D eigenvalue weighted by molar-refractivity contribution is 5.88. The average molecular weight is 284 g/mol. The van der Waals surface area contributed by atoms with E-state index in [2.05, 4.69) is 10.4 Å². The summed E-state index contributed by atoms with van der Waals surface area (Å²) in [6, 6.07) is 0. The smallest absolute Gasteiger partial charge is 0.339 e. The molecule has 8 nitrogen and oxygen atoms in total. The van der Waals surface area contributed by atoms with Gasteiger partial charge in [0.25, 0.3) is 0 Å². The number of carbonyl (C=O) groups excluding carboxylic acids is 1. The second kappa shape index (κ2) is 7.61. The number of carboxylic acids is 1. The molecule has 0 saturated heterocycles. The lowest BCUT2D eigenvalue weighted by atomic mass is 10.2. The first-order valence-corrected chi connectivity index (χ1v) is 6.14. The summed E-state index contributed by atoms with van der Waals surface area (Å²) in [6.45, 7) is 1.42. The Labute approximate surface area is 117 Å². The lowest BCUT2D eigenvalue weighted by Crippen LogP contribution is -2.36. The number of methoxy groups -OCH3 is 1. The molecule has 0 atom stereocenters. The minimum Gasteiger partial charge on any atom is -0.478 e. The maximum atomic E-state index is 11.6. The molecule has 0 fully saturated rings. The van der Waals surface area contributed by atoms with Crippen LogP contribution >= 0.6 is 0 Å². The highest BCUT2D eigenvalue weighted by Crippen LogP contribution is 2.09. The molecular formula is C12H20N4O4. The van der Waals surface area contributed by atoms with Crippen molar-refractivity contribution in [3.05, 3.63) is 17.5 Å². The molecular weight excluding hydrogens is 264 g/mol. The van der Waals surface area contributed by atoms with Crippen LogP contribution in [0.5, 0.6) is 0 Å². The maximum Gasteiger partial charge on any atom is 0.339 e. The number of hydrogen-bond donors (Lipinski definition) is 2. The van der Waals surface area contributed by atoms with Crippen molar-refractivity contribution in [3.8, 4) is 0 Å². The number of nitrogens with zero attached hydrogens (tertiary/aromatic N) is 3. The third kappa shape index (κ3) is 4.63. The molecule has 1 heterocycles. The van der Waals surface area contributed by atoms with Crippen molar-refractivity contribution in [2.45, 2.75) is 6.54 Å². The van der Waals surface area contributed by atoms with Crippen LogP contribution in [-0.4, -0.2) is 65.5 Å². The fourth-order valence-electron chi connectivity index (χ4n) is 1.73. The molecule has 0 aliphatic heterocycles. The van der Waals surface area contributed by atoms with Crippen molar-refractivity contribution >= 4 is 11.9 Å². The number of likely N-dealkylation sites (N-methyl/N-ethyl adjacent to an activating group) is 1.